The standard InChI is InChI=1S/C15H12N4O4/c1-8-4-9(14(20)13(5-8)19(22)23)7-16-10-2-3-11-12(6-10)18-15(21)17-11/h2-7,20H,1H3,(H2,17,18,21). The number of phenols is 1. The molecule has 3 aromatic rings. The highest BCUT2D eigenvalue weighted by Crippen LogP contribution is 2.30. The van der Waals surface area contributed by atoms with E-state index in [4.69, 9.17) is 0 Å². The summed E-state index contributed by atoms with van der Waals surface area (Å²) in [7, 11) is 0. The van der Waals surface area contributed by atoms with Gasteiger partial charge in [-0.3, -0.25) is 15.1 Å². The molecule has 0 unspecified atom stereocenters. The van der Waals surface area contributed by atoms with Crippen LogP contribution in [0.4, 0.5) is 11.4 Å². The van der Waals surface area contributed by atoms with Gasteiger partial charge in [-0.1, -0.05) is 0 Å². The molecule has 8 heteroatoms. The van der Waals surface area contributed by atoms with Crippen LogP contribution in [0, 0.1) is 17.0 Å². The smallest absolute Gasteiger partial charge is 0.323 e. The third kappa shape index (κ3) is 2.82. The lowest BCUT2D eigenvalue weighted by Gasteiger charge is -2.02. The minimum atomic E-state index is -0.643. The highest BCUT2D eigenvalue weighted by atomic mass is 16.6. The van der Waals surface area contributed by atoms with E-state index in [1.165, 1.54) is 12.3 Å². The van der Waals surface area contributed by atoms with E-state index >= 15 is 0 Å². The quantitative estimate of drug-likeness (QED) is 0.390. The summed E-state index contributed by atoms with van der Waals surface area (Å²) in [6, 6.07) is 7.93. The first-order valence-corrected chi connectivity index (χ1v) is 6.68. The van der Waals surface area contributed by atoms with E-state index in [2.05, 4.69) is 15.0 Å². The Hall–Kier alpha value is -3.42. The summed E-state index contributed by atoms with van der Waals surface area (Å²) in [5.41, 5.74) is 2.01. The van der Waals surface area contributed by atoms with Crippen molar-refractivity contribution in [1.29, 1.82) is 0 Å². The molecule has 0 aliphatic carbocycles. The summed E-state index contributed by atoms with van der Waals surface area (Å²) in [5, 5.41) is 20.9. The fourth-order valence-electron chi connectivity index (χ4n) is 2.27. The number of nitrogens with zero attached hydrogens (tertiary/aromatic N) is 2. The first-order valence-electron chi connectivity index (χ1n) is 6.68. The van der Waals surface area contributed by atoms with E-state index in [0.29, 0.717) is 22.3 Å². The Balaban J connectivity index is 2.01. The minimum Gasteiger partial charge on any atom is -0.502 e. The normalized spacial score (nSPS) is 11.3. The number of H-pyrrole nitrogens is 2. The first-order chi connectivity index (χ1) is 10.9. The van der Waals surface area contributed by atoms with Crippen molar-refractivity contribution in [3.63, 3.8) is 0 Å². The van der Waals surface area contributed by atoms with Crippen molar-refractivity contribution < 1.29 is 10.0 Å². The van der Waals surface area contributed by atoms with Crippen molar-refractivity contribution in [1.82, 2.24) is 9.97 Å². The zero-order valence-electron chi connectivity index (χ0n) is 12.0. The molecule has 0 aliphatic rings. The predicted molar refractivity (Wildman–Crippen MR) is 85.7 cm³/mol. The molecule has 3 N–H and O–H groups in total. The van der Waals surface area contributed by atoms with Crippen LogP contribution in [0.15, 0.2) is 40.1 Å². The average Bonchev–Trinajstić information content (AvgIpc) is 2.86. The van der Waals surface area contributed by atoms with Crippen LogP contribution in [0.1, 0.15) is 11.1 Å². The molecule has 0 spiro atoms. The number of aryl methyl sites for hydroxylation is 1. The van der Waals surface area contributed by atoms with E-state index in [-0.39, 0.29) is 16.9 Å². The van der Waals surface area contributed by atoms with Crippen LogP contribution in [-0.2, 0) is 0 Å². The van der Waals surface area contributed by atoms with Crippen LogP contribution in [0.5, 0.6) is 5.75 Å². The van der Waals surface area contributed by atoms with Crippen molar-refractivity contribution in [3.8, 4) is 5.75 Å². The SMILES string of the molecule is Cc1cc(C=Nc2ccc3[nH]c(=O)[nH]c3c2)c(O)c([N+](=O)[O-])c1. The summed E-state index contributed by atoms with van der Waals surface area (Å²) in [5.74, 6) is -0.430. The Morgan fingerprint density at radius 2 is 1.96 bits per heavy atom. The maximum absolute atomic E-state index is 11.2. The lowest BCUT2D eigenvalue weighted by molar-refractivity contribution is -0.385. The van der Waals surface area contributed by atoms with Gasteiger partial charge in [0, 0.05) is 17.8 Å². The highest BCUT2D eigenvalue weighted by molar-refractivity contribution is 5.88. The van der Waals surface area contributed by atoms with Crippen molar-refractivity contribution in [2.75, 3.05) is 0 Å². The second-order valence-corrected chi connectivity index (χ2v) is 5.05. The van der Waals surface area contributed by atoms with E-state index < -0.39 is 10.7 Å². The van der Waals surface area contributed by atoms with E-state index in [9.17, 15) is 20.0 Å². The number of imidazole rings is 1. The zero-order chi connectivity index (χ0) is 16.6. The number of fused-ring (bicyclic) bond motifs is 1. The Labute approximate surface area is 129 Å². The average molecular weight is 312 g/mol. The molecular formula is C15H12N4O4. The van der Waals surface area contributed by atoms with Crippen LogP contribution in [0.3, 0.4) is 0 Å². The molecule has 1 aromatic heterocycles. The molecule has 116 valence electrons. The van der Waals surface area contributed by atoms with Crippen LogP contribution in [-0.4, -0.2) is 26.2 Å². The Morgan fingerprint density at radius 3 is 2.70 bits per heavy atom. The number of hydrogen-bond acceptors (Lipinski definition) is 5. The summed E-state index contributed by atoms with van der Waals surface area (Å²) < 4.78 is 0. The maximum Gasteiger partial charge on any atom is 0.323 e. The van der Waals surface area contributed by atoms with Crippen LogP contribution >= 0.6 is 0 Å². The van der Waals surface area contributed by atoms with Gasteiger partial charge in [0.15, 0.2) is 0 Å². The zero-order valence-corrected chi connectivity index (χ0v) is 12.0. The fraction of sp³-hybridized carbons (Fsp3) is 0.0667. The Morgan fingerprint density at radius 1 is 1.22 bits per heavy atom. The number of nitro groups is 1. The number of aromatic amines is 2. The van der Waals surface area contributed by atoms with Crippen molar-refractivity contribution in [2.45, 2.75) is 6.92 Å². The molecule has 1 heterocycles. The van der Waals surface area contributed by atoms with Gasteiger partial charge in [0.2, 0.25) is 5.75 Å². The predicted octanol–water partition coefficient (Wildman–Crippen LogP) is 2.53. The van der Waals surface area contributed by atoms with E-state index in [1.807, 2.05) is 0 Å². The number of hydrogen-bond donors (Lipinski definition) is 3. The topological polar surface area (TPSA) is 124 Å². The van der Waals surface area contributed by atoms with Crippen molar-refractivity contribution in [2.24, 2.45) is 4.99 Å². The summed E-state index contributed by atoms with van der Waals surface area (Å²) in [4.78, 5) is 30.9. The van der Waals surface area contributed by atoms with Crippen molar-refractivity contribution >= 4 is 28.6 Å². The molecule has 0 saturated heterocycles. The molecule has 0 fully saturated rings. The van der Waals surface area contributed by atoms with Crippen LogP contribution < -0.4 is 5.69 Å². The lowest BCUT2D eigenvalue weighted by atomic mass is 10.1. The van der Waals surface area contributed by atoms with E-state index in [0.717, 1.165) is 0 Å². The Kier molecular flexibility index (Phi) is 3.41. The monoisotopic (exact) mass is 312 g/mol. The molecule has 0 saturated carbocycles. The van der Waals surface area contributed by atoms with Gasteiger partial charge in [0.25, 0.3) is 0 Å². The number of benzene rings is 2. The molecule has 0 amide bonds. The molecule has 8 nitrogen and oxygen atoms in total. The molecule has 0 aliphatic heterocycles. The second-order valence-electron chi connectivity index (χ2n) is 5.05. The van der Waals surface area contributed by atoms with Gasteiger partial charge in [0.1, 0.15) is 0 Å². The van der Waals surface area contributed by atoms with Gasteiger partial charge in [-0.15, -0.1) is 0 Å². The van der Waals surface area contributed by atoms with Gasteiger partial charge >= 0.3 is 11.4 Å². The number of aromatic hydroxyl groups is 1. The third-order valence-corrected chi connectivity index (χ3v) is 3.31. The molecule has 3 rings (SSSR count). The van der Waals surface area contributed by atoms with Gasteiger partial charge in [-0.05, 0) is 36.8 Å². The number of nitro benzene ring substituents is 1. The third-order valence-electron chi connectivity index (χ3n) is 3.31. The highest BCUT2D eigenvalue weighted by Gasteiger charge is 2.16. The molecule has 0 atom stereocenters. The largest absolute Gasteiger partial charge is 0.502 e. The van der Waals surface area contributed by atoms with E-state index in [1.54, 1.807) is 31.2 Å². The summed E-state index contributed by atoms with van der Waals surface area (Å²) >= 11 is 0. The first kappa shape index (κ1) is 14.5. The maximum atomic E-state index is 11.2. The van der Waals surface area contributed by atoms with Gasteiger partial charge < -0.3 is 15.1 Å². The number of rotatable bonds is 3. The fourth-order valence-corrected chi connectivity index (χ4v) is 2.27. The summed E-state index contributed by atoms with van der Waals surface area (Å²) in [6.45, 7) is 1.69. The molecule has 2 aromatic carbocycles. The van der Waals surface area contributed by atoms with Gasteiger partial charge in [-0.25, -0.2) is 4.79 Å². The summed E-state index contributed by atoms with van der Waals surface area (Å²) in [6.07, 6.45) is 1.35. The number of nitrogens with one attached hydrogen (secondary N) is 2. The lowest BCUT2D eigenvalue weighted by Crippen LogP contribution is -1.99. The Bertz CT molecular complexity index is 1000. The number of aromatic nitrogens is 2. The number of aliphatic imine (C=N–C) groups is 1. The van der Waals surface area contributed by atoms with Crippen molar-refractivity contribution in [3.05, 3.63) is 62.1 Å². The van der Waals surface area contributed by atoms with Crippen LogP contribution in [0.25, 0.3) is 11.0 Å². The van der Waals surface area contributed by atoms with Gasteiger partial charge in [-0.2, -0.15) is 0 Å². The van der Waals surface area contributed by atoms with Crippen LogP contribution in [0.2, 0.25) is 0 Å². The molecule has 0 radical (unpaired) electrons. The molecule has 0 bridgehead atoms. The van der Waals surface area contributed by atoms with Gasteiger partial charge in [0.05, 0.1) is 21.6 Å². The molecule has 23 heavy (non-hydrogen) atoms. The second kappa shape index (κ2) is 5.41. The molecular weight excluding hydrogens is 300 g/mol. The minimum absolute atomic E-state index is 0.249. The number of phenolic OH excluding ortho intramolecular Hbond substituents is 1.